The number of hydrogen-bond acceptors (Lipinski definition) is 6. The molecular formula is C24H21Cl2N5OS. The largest absolute Gasteiger partial charge is 0.324 e. The van der Waals surface area contributed by atoms with Crippen molar-refractivity contribution >= 4 is 58.2 Å². The van der Waals surface area contributed by atoms with Gasteiger partial charge in [-0.25, -0.2) is 9.97 Å². The molecule has 33 heavy (non-hydrogen) atoms. The van der Waals surface area contributed by atoms with Gasteiger partial charge in [-0.15, -0.1) is 0 Å². The third kappa shape index (κ3) is 3.58. The summed E-state index contributed by atoms with van der Waals surface area (Å²) in [5, 5.41) is 8.55. The molecule has 3 heterocycles. The molecule has 9 heteroatoms. The molecule has 168 valence electrons. The molecule has 0 radical (unpaired) electrons. The molecule has 1 fully saturated rings. The third-order valence-corrected chi connectivity index (χ3v) is 8.29. The average molecular weight is 498 g/mol. The van der Waals surface area contributed by atoms with E-state index in [0.29, 0.717) is 38.1 Å². The highest BCUT2D eigenvalue weighted by molar-refractivity contribution is 7.99. The molecule has 0 bridgehead atoms. The topological polar surface area (TPSA) is 70.1 Å². The number of amides is 1. The Morgan fingerprint density at radius 2 is 1.97 bits per heavy atom. The highest BCUT2D eigenvalue weighted by atomic mass is 35.5. The number of halogens is 2. The summed E-state index contributed by atoms with van der Waals surface area (Å²) in [7, 11) is 0. The van der Waals surface area contributed by atoms with Crippen molar-refractivity contribution in [1.82, 2.24) is 15.3 Å². The van der Waals surface area contributed by atoms with Crippen molar-refractivity contribution < 1.29 is 4.79 Å². The van der Waals surface area contributed by atoms with Crippen LogP contribution in [0.25, 0.3) is 0 Å². The lowest BCUT2D eigenvalue weighted by Gasteiger charge is -2.47. The van der Waals surface area contributed by atoms with Crippen molar-refractivity contribution in [2.75, 3.05) is 22.6 Å². The fourth-order valence-corrected chi connectivity index (χ4v) is 6.45. The van der Waals surface area contributed by atoms with Gasteiger partial charge < -0.3 is 10.6 Å². The van der Waals surface area contributed by atoms with Crippen molar-refractivity contribution in [3.8, 4) is 0 Å². The van der Waals surface area contributed by atoms with E-state index in [-0.39, 0.29) is 11.4 Å². The van der Waals surface area contributed by atoms with Gasteiger partial charge >= 0.3 is 0 Å². The molecule has 1 amide bonds. The first-order valence-corrected chi connectivity index (χ1v) is 12.7. The Labute approximate surface area is 206 Å². The van der Waals surface area contributed by atoms with Crippen molar-refractivity contribution in [2.45, 2.75) is 36.2 Å². The zero-order valence-electron chi connectivity index (χ0n) is 17.7. The number of carbonyl (C=O) groups is 1. The fraction of sp³-hybridized carbons (Fsp3) is 0.292. The third-order valence-electron chi connectivity index (χ3n) is 6.71. The van der Waals surface area contributed by atoms with E-state index in [9.17, 15) is 4.79 Å². The van der Waals surface area contributed by atoms with Crippen LogP contribution in [0.5, 0.6) is 0 Å². The van der Waals surface area contributed by atoms with E-state index >= 15 is 0 Å². The molecule has 1 saturated carbocycles. The van der Waals surface area contributed by atoms with Gasteiger partial charge in [0.25, 0.3) is 5.91 Å². The summed E-state index contributed by atoms with van der Waals surface area (Å²) in [6.45, 7) is 1.01. The molecule has 0 atom stereocenters. The Morgan fingerprint density at radius 3 is 2.73 bits per heavy atom. The van der Waals surface area contributed by atoms with E-state index in [1.54, 1.807) is 29.3 Å². The van der Waals surface area contributed by atoms with Crippen LogP contribution < -0.4 is 15.5 Å². The second kappa shape index (κ2) is 8.17. The second-order valence-electron chi connectivity index (χ2n) is 8.60. The van der Waals surface area contributed by atoms with E-state index in [2.05, 4.69) is 38.8 Å². The van der Waals surface area contributed by atoms with Gasteiger partial charge in [0.15, 0.2) is 0 Å². The van der Waals surface area contributed by atoms with Crippen LogP contribution in [0.2, 0.25) is 10.0 Å². The maximum Gasteiger partial charge on any atom is 0.263 e. The number of rotatable bonds is 3. The predicted octanol–water partition coefficient (Wildman–Crippen LogP) is 5.76. The zero-order valence-corrected chi connectivity index (χ0v) is 20.0. The van der Waals surface area contributed by atoms with Crippen LogP contribution in [-0.4, -0.2) is 28.3 Å². The number of benzene rings is 2. The molecule has 0 unspecified atom stereocenters. The Hall–Kier alpha value is -2.32. The molecule has 3 aliphatic rings. The Balaban J connectivity index is 1.25. The lowest BCUT2D eigenvalue weighted by atomic mass is 9.68. The first-order chi connectivity index (χ1) is 16.0. The van der Waals surface area contributed by atoms with Crippen LogP contribution in [0.1, 0.15) is 40.7 Å². The minimum Gasteiger partial charge on any atom is -0.324 e. The summed E-state index contributed by atoms with van der Waals surface area (Å²) in [5.41, 5.74) is 4.91. The van der Waals surface area contributed by atoms with E-state index in [4.69, 9.17) is 23.2 Å². The molecule has 2 aromatic carbocycles. The van der Waals surface area contributed by atoms with Crippen LogP contribution >= 0.6 is 35.0 Å². The maximum atomic E-state index is 13.1. The molecule has 1 aliphatic carbocycles. The van der Waals surface area contributed by atoms with Gasteiger partial charge in [0.1, 0.15) is 5.03 Å². The lowest BCUT2D eigenvalue weighted by molar-refractivity contribution is 0.0985. The predicted molar refractivity (Wildman–Crippen MR) is 133 cm³/mol. The average Bonchev–Trinajstić information content (AvgIpc) is 2.78. The monoisotopic (exact) mass is 497 g/mol. The van der Waals surface area contributed by atoms with Crippen molar-refractivity contribution in [3.05, 3.63) is 69.3 Å². The molecule has 6 rings (SSSR count). The lowest BCUT2D eigenvalue weighted by Crippen LogP contribution is -2.51. The van der Waals surface area contributed by atoms with Crippen LogP contribution in [0.3, 0.4) is 0 Å². The van der Waals surface area contributed by atoms with Crippen molar-refractivity contribution in [1.29, 1.82) is 0 Å². The molecule has 1 aromatic heterocycles. The van der Waals surface area contributed by atoms with Crippen LogP contribution in [-0.2, 0) is 12.0 Å². The summed E-state index contributed by atoms with van der Waals surface area (Å²) in [6, 6.07) is 11.7. The van der Waals surface area contributed by atoms with Gasteiger partial charge in [0.05, 0.1) is 27.2 Å². The summed E-state index contributed by atoms with van der Waals surface area (Å²) in [4.78, 5) is 23.7. The Kier molecular flexibility index (Phi) is 5.25. The smallest absolute Gasteiger partial charge is 0.263 e. The normalized spacial score (nSPS) is 18.5. The van der Waals surface area contributed by atoms with Gasteiger partial charge in [-0.2, -0.15) is 0 Å². The van der Waals surface area contributed by atoms with Crippen LogP contribution in [0.4, 0.5) is 17.3 Å². The van der Waals surface area contributed by atoms with Gasteiger partial charge in [0, 0.05) is 24.0 Å². The van der Waals surface area contributed by atoms with Crippen molar-refractivity contribution in [3.63, 3.8) is 0 Å². The minimum atomic E-state index is -0.211. The highest BCUT2D eigenvalue weighted by Gasteiger charge is 2.41. The molecule has 1 spiro atoms. The standard InChI is InChI=1S/C24H21Cl2N5OS/c25-18-3-1-4-19(26)20(18)31-13-33-21-16(22(31)32)12-27-23(30-21)29-15-5-6-17-14(11-15)7-10-28-24(17)8-2-9-24/h1,3-6,11-12,28H,2,7-10,13H2,(H,27,29,30). The van der Waals surface area contributed by atoms with Crippen LogP contribution in [0, 0.1) is 0 Å². The molecule has 0 saturated heterocycles. The van der Waals surface area contributed by atoms with E-state index in [0.717, 1.165) is 18.7 Å². The van der Waals surface area contributed by atoms with Crippen LogP contribution in [0.15, 0.2) is 47.6 Å². The number of anilines is 3. The number of hydrogen-bond donors (Lipinski definition) is 2. The first kappa shape index (κ1) is 21.2. The number of thioether (sulfide) groups is 1. The van der Waals surface area contributed by atoms with Crippen molar-refractivity contribution in [2.24, 2.45) is 0 Å². The maximum absolute atomic E-state index is 13.1. The van der Waals surface area contributed by atoms with Gasteiger partial charge in [0.2, 0.25) is 5.95 Å². The van der Waals surface area contributed by atoms with E-state index in [1.165, 1.54) is 42.2 Å². The second-order valence-corrected chi connectivity index (χ2v) is 10.3. The Morgan fingerprint density at radius 1 is 1.15 bits per heavy atom. The minimum absolute atomic E-state index is 0.182. The first-order valence-electron chi connectivity index (χ1n) is 11.0. The molecule has 2 aliphatic heterocycles. The number of nitrogens with one attached hydrogen (secondary N) is 2. The number of fused-ring (bicyclic) bond motifs is 3. The molecular weight excluding hydrogens is 477 g/mol. The summed E-state index contributed by atoms with van der Waals surface area (Å²) < 4.78 is 0. The summed E-state index contributed by atoms with van der Waals surface area (Å²) in [6.07, 6.45) is 6.29. The van der Waals surface area contributed by atoms with Gasteiger partial charge in [-0.05, 0) is 61.1 Å². The Bertz CT molecular complexity index is 1260. The zero-order chi connectivity index (χ0) is 22.6. The van der Waals surface area contributed by atoms with Gasteiger partial charge in [-0.1, -0.05) is 47.1 Å². The van der Waals surface area contributed by atoms with E-state index in [1.807, 2.05) is 0 Å². The summed E-state index contributed by atoms with van der Waals surface area (Å²) in [5.74, 6) is 0.641. The summed E-state index contributed by atoms with van der Waals surface area (Å²) >= 11 is 14.1. The number of nitrogens with zero attached hydrogens (tertiary/aromatic N) is 3. The molecule has 6 nitrogen and oxygen atoms in total. The quantitative estimate of drug-likeness (QED) is 0.448. The molecule has 2 N–H and O–H groups in total. The van der Waals surface area contributed by atoms with E-state index < -0.39 is 0 Å². The highest BCUT2D eigenvalue weighted by Crippen LogP contribution is 2.45. The number of aromatic nitrogens is 2. The molecule has 3 aromatic rings. The number of para-hydroxylation sites is 1. The number of carbonyl (C=O) groups excluding carboxylic acids is 1. The van der Waals surface area contributed by atoms with Gasteiger partial charge in [-0.3, -0.25) is 9.69 Å². The fourth-order valence-electron chi connectivity index (χ4n) is 4.91. The SMILES string of the molecule is O=C1c2cnc(Nc3ccc4c(c3)CCNC43CCC3)nc2SCN1c1c(Cl)cccc1Cl.